The van der Waals surface area contributed by atoms with E-state index in [4.69, 9.17) is 0 Å². The molecule has 26 heavy (non-hydrogen) atoms. The Balaban J connectivity index is 1.65. The van der Waals surface area contributed by atoms with Crippen molar-refractivity contribution in [3.63, 3.8) is 0 Å². The maximum atomic E-state index is 12.2. The molecular weight excluding hydrogens is 326 g/mol. The SMILES string of the molecule is Cc1nn(-c2ccccc2)c(C)c1CNC(=O)N[C@@H](C)c1ccccn1. The Labute approximate surface area is 153 Å². The number of rotatable bonds is 5. The highest BCUT2D eigenvalue weighted by molar-refractivity contribution is 5.74. The van der Waals surface area contributed by atoms with Gasteiger partial charge in [-0.1, -0.05) is 24.3 Å². The maximum absolute atomic E-state index is 12.2. The van der Waals surface area contributed by atoms with Crippen molar-refractivity contribution in [3.8, 4) is 5.69 Å². The summed E-state index contributed by atoms with van der Waals surface area (Å²) in [6, 6.07) is 15.2. The zero-order valence-corrected chi connectivity index (χ0v) is 15.2. The predicted molar refractivity (Wildman–Crippen MR) is 101 cm³/mol. The van der Waals surface area contributed by atoms with Gasteiger partial charge in [-0.2, -0.15) is 5.10 Å². The quantitative estimate of drug-likeness (QED) is 0.741. The van der Waals surface area contributed by atoms with Crippen LogP contribution in [0.1, 0.15) is 35.6 Å². The first-order valence-electron chi connectivity index (χ1n) is 8.62. The first-order chi connectivity index (χ1) is 12.6. The number of urea groups is 1. The molecule has 0 aliphatic heterocycles. The molecule has 3 aromatic rings. The fourth-order valence-electron chi connectivity index (χ4n) is 2.87. The van der Waals surface area contributed by atoms with Crippen molar-refractivity contribution in [2.75, 3.05) is 0 Å². The van der Waals surface area contributed by atoms with Crippen LogP contribution in [-0.4, -0.2) is 20.8 Å². The summed E-state index contributed by atoms with van der Waals surface area (Å²) >= 11 is 0. The number of aromatic nitrogens is 3. The Hall–Kier alpha value is -3.15. The molecule has 1 atom stereocenters. The lowest BCUT2D eigenvalue weighted by Gasteiger charge is -2.14. The fraction of sp³-hybridized carbons (Fsp3) is 0.250. The van der Waals surface area contributed by atoms with Crippen molar-refractivity contribution in [1.82, 2.24) is 25.4 Å². The molecule has 0 aliphatic rings. The van der Waals surface area contributed by atoms with Gasteiger partial charge in [0.2, 0.25) is 0 Å². The molecule has 0 bridgehead atoms. The number of benzene rings is 1. The number of carbonyl (C=O) groups is 1. The molecule has 6 nitrogen and oxygen atoms in total. The van der Waals surface area contributed by atoms with Gasteiger partial charge >= 0.3 is 6.03 Å². The van der Waals surface area contributed by atoms with Gasteiger partial charge in [0.25, 0.3) is 0 Å². The van der Waals surface area contributed by atoms with E-state index >= 15 is 0 Å². The van der Waals surface area contributed by atoms with Crippen LogP contribution >= 0.6 is 0 Å². The van der Waals surface area contributed by atoms with E-state index in [2.05, 4.69) is 20.7 Å². The number of amides is 2. The number of hydrogen-bond donors (Lipinski definition) is 2. The summed E-state index contributed by atoms with van der Waals surface area (Å²) in [5.74, 6) is 0. The highest BCUT2D eigenvalue weighted by Crippen LogP contribution is 2.17. The second-order valence-corrected chi connectivity index (χ2v) is 6.20. The number of para-hydroxylation sites is 1. The average molecular weight is 349 g/mol. The highest BCUT2D eigenvalue weighted by Gasteiger charge is 2.15. The van der Waals surface area contributed by atoms with Crippen LogP contribution in [-0.2, 0) is 6.54 Å². The first-order valence-corrected chi connectivity index (χ1v) is 8.62. The van der Waals surface area contributed by atoms with E-state index in [1.165, 1.54) is 0 Å². The first kappa shape index (κ1) is 17.7. The fourth-order valence-corrected chi connectivity index (χ4v) is 2.87. The van der Waals surface area contributed by atoms with Gasteiger partial charge in [0, 0.05) is 24.0 Å². The van der Waals surface area contributed by atoms with Crippen LogP contribution in [0.3, 0.4) is 0 Å². The molecule has 2 aromatic heterocycles. The van der Waals surface area contributed by atoms with Gasteiger partial charge in [-0.3, -0.25) is 4.98 Å². The number of carbonyl (C=O) groups excluding carboxylic acids is 1. The van der Waals surface area contributed by atoms with Crippen molar-refractivity contribution < 1.29 is 4.79 Å². The van der Waals surface area contributed by atoms with Gasteiger partial charge in [0.15, 0.2) is 0 Å². The third-order valence-electron chi connectivity index (χ3n) is 4.35. The minimum Gasteiger partial charge on any atom is -0.334 e. The van der Waals surface area contributed by atoms with Gasteiger partial charge in [-0.25, -0.2) is 9.48 Å². The third kappa shape index (κ3) is 3.91. The van der Waals surface area contributed by atoms with Crippen LogP contribution in [0.4, 0.5) is 4.79 Å². The van der Waals surface area contributed by atoms with Gasteiger partial charge in [-0.05, 0) is 45.0 Å². The molecule has 0 aliphatic carbocycles. The molecule has 2 N–H and O–H groups in total. The molecule has 6 heteroatoms. The molecule has 0 radical (unpaired) electrons. The molecule has 2 amide bonds. The lowest BCUT2D eigenvalue weighted by atomic mass is 10.2. The normalized spacial score (nSPS) is 11.8. The van der Waals surface area contributed by atoms with Gasteiger partial charge in [-0.15, -0.1) is 0 Å². The Bertz CT molecular complexity index is 874. The predicted octanol–water partition coefficient (Wildman–Crippen LogP) is 3.44. The lowest BCUT2D eigenvalue weighted by molar-refractivity contribution is 0.237. The monoisotopic (exact) mass is 349 g/mol. The summed E-state index contributed by atoms with van der Waals surface area (Å²) in [5, 5.41) is 10.4. The Morgan fingerprint density at radius 1 is 1.12 bits per heavy atom. The number of hydrogen-bond acceptors (Lipinski definition) is 3. The summed E-state index contributed by atoms with van der Waals surface area (Å²) in [5.41, 5.74) is 4.78. The van der Waals surface area contributed by atoms with Gasteiger partial charge < -0.3 is 10.6 Å². The van der Waals surface area contributed by atoms with E-state index in [-0.39, 0.29) is 12.1 Å². The summed E-state index contributed by atoms with van der Waals surface area (Å²) in [7, 11) is 0. The molecule has 0 saturated heterocycles. The van der Waals surface area contributed by atoms with Gasteiger partial charge in [0.05, 0.1) is 23.1 Å². The zero-order chi connectivity index (χ0) is 18.5. The molecule has 134 valence electrons. The van der Waals surface area contributed by atoms with E-state index in [1.54, 1.807) is 6.20 Å². The number of pyridine rings is 1. The second-order valence-electron chi connectivity index (χ2n) is 6.20. The minimum atomic E-state index is -0.227. The molecule has 0 fully saturated rings. The minimum absolute atomic E-state index is 0.162. The molecule has 2 heterocycles. The van der Waals surface area contributed by atoms with Crippen molar-refractivity contribution in [1.29, 1.82) is 0 Å². The maximum Gasteiger partial charge on any atom is 0.315 e. The zero-order valence-electron chi connectivity index (χ0n) is 15.2. The summed E-state index contributed by atoms with van der Waals surface area (Å²) in [6.07, 6.45) is 1.72. The third-order valence-corrected chi connectivity index (χ3v) is 4.35. The van der Waals surface area contributed by atoms with E-state index < -0.39 is 0 Å². The van der Waals surface area contributed by atoms with E-state index in [0.29, 0.717) is 6.54 Å². The van der Waals surface area contributed by atoms with Crippen molar-refractivity contribution in [3.05, 3.63) is 77.4 Å². The van der Waals surface area contributed by atoms with Crippen LogP contribution in [0.25, 0.3) is 5.69 Å². The van der Waals surface area contributed by atoms with E-state index in [9.17, 15) is 4.79 Å². The van der Waals surface area contributed by atoms with Crippen LogP contribution in [0, 0.1) is 13.8 Å². The van der Waals surface area contributed by atoms with Crippen LogP contribution in [0.5, 0.6) is 0 Å². The van der Waals surface area contributed by atoms with E-state index in [1.807, 2.05) is 74.0 Å². The Kier molecular flexibility index (Phi) is 5.31. The number of aryl methyl sites for hydroxylation is 1. The topological polar surface area (TPSA) is 71.8 Å². The highest BCUT2D eigenvalue weighted by atomic mass is 16.2. The van der Waals surface area contributed by atoms with Crippen molar-refractivity contribution >= 4 is 6.03 Å². The van der Waals surface area contributed by atoms with Crippen LogP contribution in [0.2, 0.25) is 0 Å². The molecule has 1 aromatic carbocycles. The van der Waals surface area contributed by atoms with Gasteiger partial charge in [0.1, 0.15) is 0 Å². The lowest BCUT2D eigenvalue weighted by Crippen LogP contribution is -2.37. The molecule has 0 spiro atoms. The smallest absolute Gasteiger partial charge is 0.315 e. The Morgan fingerprint density at radius 3 is 2.54 bits per heavy atom. The van der Waals surface area contributed by atoms with Crippen molar-refractivity contribution in [2.24, 2.45) is 0 Å². The Morgan fingerprint density at radius 2 is 1.85 bits per heavy atom. The number of nitrogens with one attached hydrogen (secondary N) is 2. The average Bonchev–Trinajstić information content (AvgIpc) is 2.95. The van der Waals surface area contributed by atoms with Crippen LogP contribution in [0.15, 0.2) is 54.7 Å². The summed E-state index contributed by atoms with van der Waals surface area (Å²) < 4.78 is 1.90. The molecular formula is C20H23N5O. The largest absolute Gasteiger partial charge is 0.334 e. The summed E-state index contributed by atoms with van der Waals surface area (Å²) in [6.45, 7) is 6.30. The second kappa shape index (κ2) is 7.82. The summed E-state index contributed by atoms with van der Waals surface area (Å²) in [4.78, 5) is 16.5. The number of nitrogens with zero attached hydrogens (tertiary/aromatic N) is 3. The van der Waals surface area contributed by atoms with Crippen LogP contribution < -0.4 is 10.6 Å². The standard InChI is InChI=1S/C20H23N5O/c1-14-18(16(3)25(24-14)17-9-5-4-6-10-17)13-22-20(26)23-15(2)19-11-7-8-12-21-19/h4-12,15H,13H2,1-3H3,(H2,22,23,26)/t15-/m0/s1. The molecule has 3 rings (SSSR count). The molecule has 0 unspecified atom stereocenters. The van der Waals surface area contributed by atoms with E-state index in [0.717, 1.165) is 28.3 Å². The molecule has 0 saturated carbocycles. The van der Waals surface area contributed by atoms with Crippen molar-refractivity contribution in [2.45, 2.75) is 33.4 Å².